The van der Waals surface area contributed by atoms with Crippen molar-refractivity contribution < 1.29 is 8.42 Å². The smallest absolute Gasteiger partial charge is 0.214 e. The Hall–Kier alpha value is -1.79. The summed E-state index contributed by atoms with van der Waals surface area (Å²) in [5.74, 6) is 0.248. The number of fused-ring (bicyclic) bond motifs is 1. The third-order valence-electron chi connectivity index (χ3n) is 5.80. The van der Waals surface area contributed by atoms with Gasteiger partial charge in [-0.25, -0.2) is 22.7 Å². The molecule has 0 spiro atoms. The van der Waals surface area contributed by atoms with E-state index in [0.717, 1.165) is 29.0 Å². The van der Waals surface area contributed by atoms with Crippen LogP contribution in [0.1, 0.15) is 38.8 Å². The summed E-state index contributed by atoms with van der Waals surface area (Å²) in [4.78, 5) is 16.8. The molecule has 32 heavy (non-hydrogen) atoms. The summed E-state index contributed by atoms with van der Waals surface area (Å²) in [6.07, 6.45) is 9.40. The second kappa shape index (κ2) is 9.22. The lowest BCUT2D eigenvalue weighted by atomic mass is 9.91. The first-order valence-corrected chi connectivity index (χ1v) is 13.7. The van der Waals surface area contributed by atoms with Crippen LogP contribution in [0.15, 0.2) is 29.7 Å². The fourth-order valence-corrected chi connectivity index (χ4v) is 6.74. The van der Waals surface area contributed by atoms with E-state index in [1.165, 1.54) is 0 Å². The highest BCUT2D eigenvalue weighted by Crippen LogP contribution is 2.33. The van der Waals surface area contributed by atoms with Gasteiger partial charge in [-0.3, -0.25) is 10.3 Å². The molecule has 0 radical (unpaired) electrons. The number of nitrogens with two attached hydrogens (primary N) is 1. The molecule has 2 unspecified atom stereocenters. The number of nitrogens with one attached hydrogen (secondary N) is 2. The van der Waals surface area contributed by atoms with E-state index in [1.807, 2.05) is 26.2 Å². The Labute approximate surface area is 193 Å². The predicted octanol–water partition coefficient (Wildman–Crippen LogP) is 2.16. The molecule has 0 saturated carbocycles. The molecule has 1 fully saturated rings. The summed E-state index contributed by atoms with van der Waals surface area (Å²) in [5, 5.41) is 4.49. The third kappa shape index (κ3) is 4.91. The van der Waals surface area contributed by atoms with Crippen molar-refractivity contribution in [1.29, 1.82) is 0 Å². The van der Waals surface area contributed by atoms with Crippen molar-refractivity contribution in [3.63, 3.8) is 0 Å². The summed E-state index contributed by atoms with van der Waals surface area (Å²) < 4.78 is 27.2. The quantitative estimate of drug-likeness (QED) is 0.544. The van der Waals surface area contributed by atoms with E-state index in [4.69, 9.17) is 10.7 Å². The lowest BCUT2D eigenvalue weighted by Gasteiger charge is -2.41. The summed E-state index contributed by atoms with van der Waals surface area (Å²) in [6, 6.07) is 1.81. The van der Waals surface area contributed by atoms with Gasteiger partial charge in [0.05, 0.1) is 22.7 Å². The molecule has 4 rings (SSSR count). The Morgan fingerprint density at radius 2 is 2.25 bits per heavy atom. The summed E-state index contributed by atoms with van der Waals surface area (Å²) in [5.41, 5.74) is 8.94. The minimum absolute atomic E-state index is 0.0655. The molecule has 9 nitrogen and oxygen atoms in total. The first-order valence-electron chi connectivity index (χ1n) is 10.9. The molecule has 11 heteroatoms. The number of nitrogens with zero attached hydrogens (tertiary/aromatic N) is 4. The zero-order valence-corrected chi connectivity index (χ0v) is 20.3. The van der Waals surface area contributed by atoms with Crippen molar-refractivity contribution in [2.45, 2.75) is 44.8 Å². The highest BCUT2D eigenvalue weighted by molar-refractivity contribution is 8.13. The van der Waals surface area contributed by atoms with Gasteiger partial charge in [0.15, 0.2) is 5.65 Å². The Balaban J connectivity index is 1.60. The standard InChI is InChI=1S/C21H31N7O2S2/c1-14(2)13-32(29,30)28-8-4-5-15(12-28)27-21(22)9-19(31-3)24-10-16(21)18-11-25-20-17(26-18)6-7-23-20/h6-7,10-11,14-15,27H,4-5,8-9,12-13,22H2,1-3H3,(H,23,25). The second-order valence-corrected chi connectivity index (χ2v) is 11.8. The first-order chi connectivity index (χ1) is 15.2. The number of H-pyrrole nitrogens is 1. The van der Waals surface area contributed by atoms with E-state index in [-0.39, 0.29) is 17.7 Å². The zero-order chi connectivity index (χ0) is 22.9. The first kappa shape index (κ1) is 23.4. The van der Waals surface area contributed by atoms with E-state index in [2.05, 4.69) is 20.3 Å². The molecule has 0 bridgehead atoms. The van der Waals surface area contributed by atoms with E-state index in [1.54, 1.807) is 34.7 Å². The van der Waals surface area contributed by atoms with Gasteiger partial charge in [-0.2, -0.15) is 0 Å². The summed E-state index contributed by atoms with van der Waals surface area (Å²) >= 11 is 1.56. The molecular weight excluding hydrogens is 446 g/mol. The topological polar surface area (TPSA) is 129 Å². The zero-order valence-electron chi connectivity index (χ0n) is 18.7. The number of hydrogen-bond acceptors (Lipinski definition) is 8. The molecule has 2 aliphatic heterocycles. The van der Waals surface area contributed by atoms with Crippen molar-refractivity contribution in [2.24, 2.45) is 16.6 Å². The minimum Gasteiger partial charge on any atom is -0.345 e. The Bertz CT molecular complexity index is 1140. The van der Waals surface area contributed by atoms with Crippen molar-refractivity contribution in [2.75, 3.05) is 25.1 Å². The van der Waals surface area contributed by atoms with Gasteiger partial charge >= 0.3 is 0 Å². The van der Waals surface area contributed by atoms with E-state index >= 15 is 0 Å². The summed E-state index contributed by atoms with van der Waals surface area (Å²) in [7, 11) is -3.29. The second-order valence-electron chi connectivity index (χ2n) is 8.90. The van der Waals surface area contributed by atoms with Gasteiger partial charge in [0.1, 0.15) is 11.2 Å². The maximum absolute atomic E-state index is 12.8. The van der Waals surface area contributed by atoms with Gasteiger partial charge < -0.3 is 10.7 Å². The van der Waals surface area contributed by atoms with Crippen LogP contribution >= 0.6 is 11.8 Å². The van der Waals surface area contributed by atoms with Gasteiger partial charge in [-0.1, -0.05) is 13.8 Å². The molecule has 0 amide bonds. The van der Waals surface area contributed by atoms with Crippen molar-refractivity contribution in [3.8, 4) is 0 Å². The van der Waals surface area contributed by atoms with Crippen LogP contribution in [0, 0.1) is 5.92 Å². The highest BCUT2D eigenvalue weighted by atomic mass is 32.2. The number of aromatic nitrogens is 3. The largest absolute Gasteiger partial charge is 0.345 e. The number of piperidine rings is 1. The van der Waals surface area contributed by atoms with Crippen LogP contribution in [0.5, 0.6) is 0 Å². The maximum atomic E-state index is 12.8. The molecule has 2 aromatic heterocycles. The average Bonchev–Trinajstić information content (AvgIpc) is 3.20. The average molecular weight is 478 g/mol. The Morgan fingerprint density at radius 3 is 3.00 bits per heavy atom. The fourth-order valence-electron chi connectivity index (χ4n) is 4.34. The molecule has 0 aromatic carbocycles. The van der Waals surface area contributed by atoms with Crippen molar-refractivity contribution in [1.82, 2.24) is 24.6 Å². The summed E-state index contributed by atoms with van der Waals surface area (Å²) in [6.45, 7) is 4.82. The fraction of sp³-hybridized carbons (Fsp3) is 0.571. The Kier molecular flexibility index (Phi) is 6.73. The third-order valence-corrected chi connectivity index (χ3v) is 8.73. The van der Waals surface area contributed by atoms with Crippen molar-refractivity contribution in [3.05, 3.63) is 30.4 Å². The Morgan fingerprint density at radius 1 is 1.44 bits per heavy atom. The van der Waals surface area contributed by atoms with Gasteiger partial charge in [-0.15, -0.1) is 11.8 Å². The van der Waals surface area contributed by atoms with Gasteiger partial charge in [-0.05, 0) is 31.1 Å². The van der Waals surface area contributed by atoms with Gasteiger partial charge in [0.25, 0.3) is 0 Å². The van der Waals surface area contributed by atoms with Crippen LogP contribution in [0.25, 0.3) is 16.7 Å². The highest BCUT2D eigenvalue weighted by Gasteiger charge is 2.39. The molecule has 4 N–H and O–H groups in total. The normalized spacial score (nSPS) is 25.2. The van der Waals surface area contributed by atoms with Crippen LogP contribution < -0.4 is 11.1 Å². The van der Waals surface area contributed by atoms with Crippen LogP contribution in [-0.2, 0) is 10.0 Å². The molecule has 2 aromatic rings. The molecular formula is C21H31N7O2S2. The van der Waals surface area contributed by atoms with Crippen LogP contribution in [-0.4, -0.2) is 69.5 Å². The number of aromatic amines is 1. The van der Waals surface area contributed by atoms with Crippen LogP contribution in [0.4, 0.5) is 0 Å². The molecule has 2 atom stereocenters. The molecule has 1 saturated heterocycles. The number of thioether (sulfide) groups is 1. The van der Waals surface area contributed by atoms with Gasteiger partial charge in [0.2, 0.25) is 10.0 Å². The maximum Gasteiger partial charge on any atom is 0.214 e. The van der Waals surface area contributed by atoms with Crippen molar-refractivity contribution >= 4 is 43.6 Å². The lowest BCUT2D eigenvalue weighted by Crippen LogP contribution is -2.62. The number of sulfonamides is 1. The van der Waals surface area contributed by atoms with E-state index in [9.17, 15) is 8.42 Å². The molecule has 0 aliphatic carbocycles. The van der Waals surface area contributed by atoms with E-state index < -0.39 is 15.7 Å². The number of rotatable bonds is 6. The predicted molar refractivity (Wildman–Crippen MR) is 131 cm³/mol. The van der Waals surface area contributed by atoms with Crippen LogP contribution in [0.2, 0.25) is 0 Å². The lowest BCUT2D eigenvalue weighted by molar-refractivity contribution is 0.248. The molecule has 174 valence electrons. The monoisotopic (exact) mass is 477 g/mol. The number of aliphatic imine (C=N–C) groups is 1. The van der Waals surface area contributed by atoms with E-state index in [0.29, 0.717) is 30.9 Å². The molecule has 4 heterocycles. The molecule has 2 aliphatic rings. The SMILES string of the molecule is CSC1=NC=C(c2cnc3[nH]ccc3n2)C(N)(NC2CCCN(S(=O)(=O)CC(C)C)C2)C1. The van der Waals surface area contributed by atoms with Crippen LogP contribution in [0.3, 0.4) is 0 Å². The number of hydrogen-bond donors (Lipinski definition) is 3. The minimum atomic E-state index is -3.29. The van der Waals surface area contributed by atoms with Gasteiger partial charge in [0, 0.05) is 43.5 Å².